The molecule has 0 amide bonds. The zero-order valence-electron chi connectivity index (χ0n) is 7.87. The van der Waals surface area contributed by atoms with Gasteiger partial charge in [0.05, 0.1) is 17.0 Å². The summed E-state index contributed by atoms with van der Waals surface area (Å²) >= 11 is 3.42. The number of hydrogen-bond acceptors (Lipinski definition) is 3. The molecule has 0 spiro atoms. The SMILES string of the molecule is BrC1=CN(c2ccnc3[nH]ccc23)CN1. The molecule has 0 unspecified atom stereocenters. The average molecular weight is 265 g/mol. The lowest BCUT2D eigenvalue weighted by molar-refractivity contribution is 0.897. The molecule has 2 aromatic heterocycles. The van der Waals surface area contributed by atoms with Gasteiger partial charge in [0.1, 0.15) is 5.65 Å². The van der Waals surface area contributed by atoms with Gasteiger partial charge in [0, 0.05) is 24.0 Å². The largest absolute Gasteiger partial charge is 0.361 e. The van der Waals surface area contributed by atoms with Gasteiger partial charge in [0.15, 0.2) is 0 Å². The van der Waals surface area contributed by atoms with Gasteiger partial charge in [-0.1, -0.05) is 0 Å². The number of H-pyrrole nitrogens is 1. The summed E-state index contributed by atoms with van der Waals surface area (Å²) in [6.07, 6.45) is 5.75. The zero-order valence-corrected chi connectivity index (χ0v) is 9.45. The van der Waals surface area contributed by atoms with Gasteiger partial charge in [-0.25, -0.2) is 4.98 Å². The summed E-state index contributed by atoms with van der Waals surface area (Å²) < 4.78 is 1.00. The molecule has 0 atom stereocenters. The third-order valence-electron chi connectivity index (χ3n) is 2.43. The standard InChI is InChI=1S/C10H9BrN4/c11-9-5-15(6-14-9)8-2-4-13-10-7(8)1-3-12-10/h1-5,14H,6H2,(H,12,13). The molecular formula is C10H9BrN4. The van der Waals surface area contributed by atoms with Crippen molar-refractivity contribution in [1.29, 1.82) is 0 Å². The van der Waals surface area contributed by atoms with E-state index in [4.69, 9.17) is 0 Å². The molecule has 0 saturated carbocycles. The highest BCUT2D eigenvalue weighted by Gasteiger charge is 2.14. The summed E-state index contributed by atoms with van der Waals surface area (Å²) in [5.74, 6) is 0. The lowest BCUT2D eigenvalue weighted by Gasteiger charge is -2.15. The molecule has 0 saturated heterocycles. The number of nitrogens with zero attached hydrogens (tertiary/aromatic N) is 2. The molecule has 0 radical (unpaired) electrons. The second-order valence-electron chi connectivity index (χ2n) is 3.35. The third-order valence-corrected chi connectivity index (χ3v) is 2.92. The number of aromatic amines is 1. The number of pyridine rings is 1. The monoisotopic (exact) mass is 264 g/mol. The van der Waals surface area contributed by atoms with Crippen LogP contribution in [0.5, 0.6) is 0 Å². The van der Waals surface area contributed by atoms with Gasteiger partial charge in [0.2, 0.25) is 0 Å². The molecular weight excluding hydrogens is 256 g/mol. The minimum absolute atomic E-state index is 0.783. The van der Waals surface area contributed by atoms with E-state index in [-0.39, 0.29) is 0 Å². The Morgan fingerprint density at radius 2 is 2.33 bits per heavy atom. The van der Waals surface area contributed by atoms with E-state index in [9.17, 15) is 0 Å². The first-order valence-electron chi connectivity index (χ1n) is 4.64. The maximum Gasteiger partial charge on any atom is 0.139 e. The van der Waals surface area contributed by atoms with Crippen molar-refractivity contribution >= 4 is 32.7 Å². The Balaban J connectivity index is 2.14. The second-order valence-corrected chi connectivity index (χ2v) is 4.21. The fraction of sp³-hybridized carbons (Fsp3) is 0.100. The molecule has 0 aromatic carbocycles. The predicted octanol–water partition coefficient (Wildman–Crippen LogP) is 2.12. The van der Waals surface area contributed by atoms with Crippen LogP contribution in [0.4, 0.5) is 5.69 Å². The van der Waals surface area contributed by atoms with Crippen molar-refractivity contribution in [1.82, 2.24) is 15.3 Å². The first kappa shape index (κ1) is 8.79. The van der Waals surface area contributed by atoms with E-state index in [0.717, 1.165) is 28.0 Å². The van der Waals surface area contributed by atoms with Gasteiger partial charge in [-0.15, -0.1) is 0 Å². The van der Waals surface area contributed by atoms with Gasteiger partial charge in [-0.2, -0.15) is 0 Å². The highest BCUT2D eigenvalue weighted by atomic mass is 79.9. The lowest BCUT2D eigenvalue weighted by Crippen LogP contribution is -2.20. The maximum atomic E-state index is 4.26. The molecule has 1 aliphatic rings. The number of aromatic nitrogens is 2. The Labute approximate surface area is 95.1 Å². The average Bonchev–Trinajstić information content (AvgIpc) is 2.84. The summed E-state index contributed by atoms with van der Waals surface area (Å²) in [6.45, 7) is 0.783. The quantitative estimate of drug-likeness (QED) is 0.776. The number of anilines is 1. The van der Waals surface area contributed by atoms with Gasteiger partial charge in [-0.05, 0) is 28.1 Å². The van der Waals surface area contributed by atoms with Gasteiger partial charge >= 0.3 is 0 Å². The molecule has 3 heterocycles. The van der Waals surface area contributed by atoms with Crippen LogP contribution in [0.3, 0.4) is 0 Å². The highest BCUT2D eigenvalue weighted by Crippen LogP contribution is 2.27. The van der Waals surface area contributed by atoms with Crippen LogP contribution < -0.4 is 10.2 Å². The van der Waals surface area contributed by atoms with Crippen molar-refractivity contribution in [2.45, 2.75) is 0 Å². The van der Waals surface area contributed by atoms with Crippen molar-refractivity contribution in [2.75, 3.05) is 11.6 Å². The summed E-state index contributed by atoms with van der Waals surface area (Å²) in [6, 6.07) is 4.05. The number of nitrogens with one attached hydrogen (secondary N) is 2. The fourth-order valence-corrected chi connectivity index (χ4v) is 2.11. The van der Waals surface area contributed by atoms with Gasteiger partial charge < -0.3 is 15.2 Å². The summed E-state index contributed by atoms with van der Waals surface area (Å²) in [4.78, 5) is 9.50. The van der Waals surface area contributed by atoms with E-state index >= 15 is 0 Å². The summed E-state index contributed by atoms with van der Waals surface area (Å²) in [5, 5.41) is 4.33. The molecule has 2 N–H and O–H groups in total. The molecule has 2 aromatic rings. The van der Waals surface area contributed by atoms with Crippen molar-refractivity contribution < 1.29 is 0 Å². The van der Waals surface area contributed by atoms with Crippen molar-refractivity contribution in [2.24, 2.45) is 0 Å². The smallest absolute Gasteiger partial charge is 0.139 e. The molecule has 5 heteroatoms. The van der Waals surface area contributed by atoms with Gasteiger partial charge in [-0.3, -0.25) is 0 Å². The Morgan fingerprint density at radius 3 is 3.13 bits per heavy atom. The van der Waals surface area contributed by atoms with Crippen molar-refractivity contribution in [3.8, 4) is 0 Å². The van der Waals surface area contributed by atoms with Crippen molar-refractivity contribution in [3.05, 3.63) is 35.3 Å². The van der Waals surface area contributed by atoms with E-state index in [1.807, 2.05) is 30.7 Å². The van der Waals surface area contributed by atoms with Crippen LogP contribution >= 0.6 is 15.9 Å². The fourth-order valence-electron chi connectivity index (χ4n) is 1.74. The summed E-state index contributed by atoms with van der Waals surface area (Å²) in [7, 11) is 0. The molecule has 0 bridgehead atoms. The van der Waals surface area contributed by atoms with Crippen LogP contribution in [0.25, 0.3) is 11.0 Å². The van der Waals surface area contributed by atoms with E-state index in [1.165, 1.54) is 0 Å². The van der Waals surface area contributed by atoms with Crippen LogP contribution in [-0.4, -0.2) is 16.6 Å². The number of halogens is 1. The molecule has 15 heavy (non-hydrogen) atoms. The van der Waals surface area contributed by atoms with E-state index in [1.54, 1.807) is 0 Å². The van der Waals surface area contributed by atoms with Crippen LogP contribution in [0.2, 0.25) is 0 Å². The normalized spacial score (nSPS) is 15.5. The first-order valence-corrected chi connectivity index (χ1v) is 5.44. The zero-order chi connectivity index (χ0) is 10.3. The predicted molar refractivity (Wildman–Crippen MR) is 63.6 cm³/mol. The molecule has 4 nitrogen and oxygen atoms in total. The number of fused-ring (bicyclic) bond motifs is 1. The molecule has 0 aliphatic carbocycles. The molecule has 1 aliphatic heterocycles. The van der Waals surface area contributed by atoms with E-state index < -0.39 is 0 Å². The summed E-state index contributed by atoms with van der Waals surface area (Å²) in [5.41, 5.74) is 2.08. The Hall–Kier alpha value is -1.49. The minimum Gasteiger partial charge on any atom is -0.361 e. The molecule has 3 rings (SSSR count). The first-order chi connectivity index (χ1) is 7.34. The van der Waals surface area contributed by atoms with E-state index in [0.29, 0.717) is 0 Å². The van der Waals surface area contributed by atoms with Crippen LogP contribution in [0.15, 0.2) is 35.3 Å². The Morgan fingerprint density at radius 1 is 1.40 bits per heavy atom. The Bertz CT molecular complexity index is 531. The molecule has 0 fully saturated rings. The second kappa shape index (κ2) is 3.27. The topological polar surface area (TPSA) is 44.0 Å². The minimum atomic E-state index is 0.783. The number of rotatable bonds is 1. The lowest BCUT2D eigenvalue weighted by atomic mass is 10.3. The van der Waals surface area contributed by atoms with Gasteiger partial charge in [0.25, 0.3) is 0 Å². The highest BCUT2D eigenvalue weighted by molar-refractivity contribution is 9.11. The van der Waals surface area contributed by atoms with Crippen molar-refractivity contribution in [3.63, 3.8) is 0 Å². The van der Waals surface area contributed by atoms with Crippen LogP contribution in [0, 0.1) is 0 Å². The number of hydrogen-bond donors (Lipinski definition) is 2. The molecule has 76 valence electrons. The van der Waals surface area contributed by atoms with E-state index in [2.05, 4.69) is 36.1 Å². The Kier molecular flexibility index (Phi) is 1.92. The maximum absolute atomic E-state index is 4.26. The third kappa shape index (κ3) is 1.39. The van der Waals surface area contributed by atoms with Crippen LogP contribution in [-0.2, 0) is 0 Å². The van der Waals surface area contributed by atoms with Crippen LogP contribution in [0.1, 0.15) is 0 Å².